The average Bonchev–Trinajstić information content (AvgIpc) is 2.72. The largest absolute Gasteiger partial charge is 0.486 e. The number of hydrogen-bond donors (Lipinski definition) is 0. The molecule has 0 saturated heterocycles. The van der Waals surface area contributed by atoms with Crippen molar-refractivity contribution >= 4 is 11.8 Å². The van der Waals surface area contributed by atoms with E-state index in [0.717, 1.165) is 17.8 Å². The molecule has 0 unspecified atom stereocenters. The number of para-hydroxylation sites is 2. The fourth-order valence-electron chi connectivity index (χ4n) is 2.70. The van der Waals surface area contributed by atoms with E-state index in [1.807, 2.05) is 12.1 Å². The molecule has 1 aromatic heterocycles. The molecule has 0 spiro atoms. The first-order valence-corrected chi connectivity index (χ1v) is 9.50. The van der Waals surface area contributed by atoms with Gasteiger partial charge in [-0.15, -0.1) is 0 Å². The fourth-order valence-corrected chi connectivity index (χ4v) is 3.53. The summed E-state index contributed by atoms with van der Waals surface area (Å²) in [6.45, 7) is 0.314. The van der Waals surface area contributed by atoms with Crippen molar-refractivity contribution in [2.75, 3.05) is 12.4 Å². The van der Waals surface area contributed by atoms with Gasteiger partial charge >= 0.3 is 6.18 Å². The Labute approximate surface area is 163 Å². The van der Waals surface area contributed by atoms with Crippen LogP contribution in [-0.2, 0) is 6.18 Å². The summed E-state index contributed by atoms with van der Waals surface area (Å²) in [5.74, 6) is 1.64. The van der Waals surface area contributed by atoms with Crippen LogP contribution in [0.2, 0.25) is 0 Å². The van der Waals surface area contributed by atoms with E-state index in [9.17, 15) is 13.2 Å². The average molecular weight is 404 g/mol. The third-order valence-electron chi connectivity index (χ3n) is 4.03. The minimum absolute atomic E-state index is 0.0520. The summed E-state index contributed by atoms with van der Waals surface area (Å²) in [5.41, 5.74) is -0.130. The summed E-state index contributed by atoms with van der Waals surface area (Å²) in [6.07, 6.45) is -4.86. The molecule has 2 aromatic carbocycles. The Kier molecular flexibility index (Phi) is 5.13. The van der Waals surface area contributed by atoms with E-state index in [1.54, 1.807) is 42.5 Å². The molecule has 0 fully saturated rings. The van der Waals surface area contributed by atoms with Crippen molar-refractivity contribution in [3.63, 3.8) is 0 Å². The number of thioether (sulfide) groups is 1. The zero-order chi connectivity index (χ0) is 19.6. The second-order valence-electron chi connectivity index (χ2n) is 6.09. The van der Waals surface area contributed by atoms with Gasteiger partial charge in [-0.3, -0.25) is 0 Å². The van der Waals surface area contributed by atoms with Crippen LogP contribution in [0.15, 0.2) is 65.8 Å². The molecule has 144 valence electrons. The molecule has 2 heterocycles. The number of rotatable bonds is 4. The van der Waals surface area contributed by atoms with E-state index in [-0.39, 0.29) is 17.0 Å². The molecule has 3 aromatic rings. The molecule has 1 atom stereocenters. The molecule has 28 heavy (non-hydrogen) atoms. The number of aromatic nitrogens is 2. The van der Waals surface area contributed by atoms with Crippen LogP contribution < -0.4 is 9.47 Å². The van der Waals surface area contributed by atoms with Gasteiger partial charge in [-0.1, -0.05) is 54.2 Å². The van der Waals surface area contributed by atoms with E-state index < -0.39 is 11.9 Å². The quantitative estimate of drug-likeness (QED) is 0.447. The van der Waals surface area contributed by atoms with Crippen LogP contribution in [0.4, 0.5) is 13.2 Å². The molecular formula is C20H15F3N2O2S. The summed E-state index contributed by atoms with van der Waals surface area (Å²) in [4.78, 5) is 7.99. The first-order chi connectivity index (χ1) is 13.5. The highest BCUT2D eigenvalue weighted by molar-refractivity contribution is 7.99. The number of ether oxygens (including phenoxy) is 2. The fraction of sp³-hybridized carbons (Fsp3) is 0.200. The third-order valence-corrected chi connectivity index (χ3v) is 5.01. The monoisotopic (exact) mass is 404 g/mol. The maximum atomic E-state index is 13.3. The Bertz CT molecular complexity index is 967. The van der Waals surface area contributed by atoms with Gasteiger partial charge in [0.25, 0.3) is 0 Å². The van der Waals surface area contributed by atoms with Crippen LogP contribution in [0, 0.1) is 0 Å². The van der Waals surface area contributed by atoms with Crippen LogP contribution in [-0.4, -0.2) is 28.4 Å². The van der Waals surface area contributed by atoms with Gasteiger partial charge in [-0.2, -0.15) is 13.2 Å². The van der Waals surface area contributed by atoms with Crippen molar-refractivity contribution in [2.45, 2.75) is 17.4 Å². The summed E-state index contributed by atoms with van der Waals surface area (Å²) in [6, 6.07) is 17.0. The normalized spacial score (nSPS) is 16.0. The Morgan fingerprint density at radius 3 is 2.43 bits per heavy atom. The van der Waals surface area contributed by atoms with Crippen LogP contribution in [0.1, 0.15) is 5.69 Å². The van der Waals surface area contributed by atoms with Crippen LogP contribution in [0.3, 0.4) is 0 Å². The Morgan fingerprint density at radius 2 is 1.68 bits per heavy atom. The van der Waals surface area contributed by atoms with Crippen molar-refractivity contribution in [1.82, 2.24) is 9.97 Å². The topological polar surface area (TPSA) is 44.2 Å². The maximum absolute atomic E-state index is 13.3. The van der Waals surface area contributed by atoms with Gasteiger partial charge in [0.2, 0.25) is 0 Å². The predicted octanol–water partition coefficient (Wildman–Crippen LogP) is 5.09. The summed E-state index contributed by atoms with van der Waals surface area (Å²) in [5, 5.41) is 0.0520. The number of fused-ring (bicyclic) bond motifs is 1. The van der Waals surface area contributed by atoms with Gasteiger partial charge in [0.1, 0.15) is 18.4 Å². The number of alkyl halides is 3. The van der Waals surface area contributed by atoms with Gasteiger partial charge < -0.3 is 9.47 Å². The highest BCUT2D eigenvalue weighted by Gasteiger charge is 2.34. The summed E-state index contributed by atoms with van der Waals surface area (Å²) < 4.78 is 51.3. The maximum Gasteiger partial charge on any atom is 0.433 e. The first kappa shape index (κ1) is 18.6. The molecule has 0 N–H and O–H groups in total. The van der Waals surface area contributed by atoms with Crippen molar-refractivity contribution < 1.29 is 22.6 Å². The molecule has 0 radical (unpaired) electrons. The van der Waals surface area contributed by atoms with Gasteiger partial charge in [-0.25, -0.2) is 9.97 Å². The van der Waals surface area contributed by atoms with E-state index in [4.69, 9.17) is 9.47 Å². The molecule has 0 saturated carbocycles. The molecule has 4 rings (SSSR count). The molecule has 0 amide bonds. The molecule has 0 bridgehead atoms. The molecule has 4 nitrogen and oxygen atoms in total. The lowest BCUT2D eigenvalue weighted by Crippen LogP contribution is -2.31. The number of halogens is 3. The first-order valence-electron chi connectivity index (χ1n) is 8.52. The predicted molar refractivity (Wildman–Crippen MR) is 99.5 cm³/mol. The van der Waals surface area contributed by atoms with E-state index in [0.29, 0.717) is 29.4 Å². The molecule has 0 aliphatic carbocycles. The van der Waals surface area contributed by atoms with Gasteiger partial charge in [-0.05, 0) is 18.2 Å². The molecule has 1 aliphatic rings. The highest BCUT2D eigenvalue weighted by atomic mass is 32.2. The Morgan fingerprint density at radius 1 is 0.964 bits per heavy atom. The number of nitrogens with zero attached hydrogens (tertiary/aromatic N) is 2. The smallest absolute Gasteiger partial charge is 0.433 e. The second kappa shape index (κ2) is 7.71. The highest BCUT2D eigenvalue weighted by Crippen LogP contribution is 2.34. The summed E-state index contributed by atoms with van der Waals surface area (Å²) >= 11 is 1.11. The number of benzene rings is 2. The van der Waals surface area contributed by atoms with E-state index in [1.165, 1.54) is 0 Å². The van der Waals surface area contributed by atoms with Crippen LogP contribution in [0.25, 0.3) is 11.3 Å². The van der Waals surface area contributed by atoms with Crippen molar-refractivity contribution in [2.24, 2.45) is 0 Å². The lowest BCUT2D eigenvalue weighted by atomic mass is 10.1. The molecular weight excluding hydrogens is 389 g/mol. The molecule has 8 heteroatoms. The second-order valence-corrected chi connectivity index (χ2v) is 7.08. The Hall–Kier alpha value is -2.74. The zero-order valence-electron chi connectivity index (χ0n) is 14.5. The summed E-state index contributed by atoms with van der Waals surface area (Å²) in [7, 11) is 0. The van der Waals surface area contributed by atoms with Crippen LogP contribution >= 0.6 is 11.8 Å². The third kappa shape index (κ3) is 4.22. The van der Waals surface area contributed by atoms with Gasteiger partial charge in [0.15, 0.2) is 16.7 Å². The van der Waals surface area contributed by atoms with Crippen LogP contribution in [0.5, 0.6) is 11.5 Å². The number of hydrogen-bond acceptors (Lipinski definition) is 5. The minimum Gasteiger partial charge on any atom is -0.486 e. The van der Waals surface area contributed by atoms with E-state index in [2.05, 4.69) is 9.97 Å². The van der Waals surface area contributed by atoms with Crippen molar-refractivity contribution in [3.05, 3.63) is 66.4 Å². The zero-order valence-corrected chi connectivity index (χ0v) is 15.3. The lowest BCUT2D eigenvalue weighted by molar-refractivity contribution is -0.141. The standard InChI is InChI=1S/C20H15F3N2O2S/c21-20(22,23)18-10-15(13-6-2-1-3-7-13)24-19(25-18)28-12-14-11-26-16-8-4-5-9-17(16)27-14/h1-10,14H,11-12H2/t14-/m1/s1. The van der Waals surface area contributed by atoms with Gasteiger partial charge in [0.05, 0.1) is 5.69 Å². The van der Waals surface area contributed by atoms with E-state index >= 15 is 0 Å². The van der Waals surface area contributed by atoms with Crippen molar-refractivity contribution in [1.29, 1.82) is 0 Å². The lowest BCUT2D eigenvalue weighted by Gasteiger charge is -2.26. The van der Waals surface area contributed by atoms with Crippen molar-refractivity contribution in [3.8, 4) is 22.8 Å². The molecule has 1 aliphatic heterocycles. The van der Waals surface area contributed by atoms with Gasteiger partial charge in [0, 0.05) is 11.3 Å². The SMILES string of the molecule is FC(F)(F)c1cc(-c2ccccc2)nc(SC[C@H]2COc3ccccc3O2)n1. The minimum atomic E-state index is -4.55. The Balaban J connectivity index is 1.54.